The largest absolute Gasteiger partial charge is 0.497 e. The fourth-order valence-corrected chi connectivity index (χ4v) is 2.44. The first kappa shape index (κ1) is 12.6. The Balaban J connectivity index is 2.46. The lowest BCUT2D eigenvalue weighted by atomic mass is 10.3. The van der Waals surface area contributed by atoms with Crippen molar-refractivity contribution in [1.29, 1.82) is 0 Å². The van der Waals surface area contributed by atoms with E-state index in [4.69, 9.17) is 9.47 Å². The number of methoxy groups -OCH3 is 2. The molecule has 6 heteroatoms. The number of rotatable bonds is 4. The normalized spacial score (nSPS) is 10.4. The van der Waals surface area contributed by atoms with Crippen LogP contribution in [0.4, 0.5) is 5.13 Å². The van der Waals surface area contributed by atoms with Crippen LogP contribution in [0.25, 0.3) is 10.2 Å². The minimum absolute atomic E-state index is 0.0556. The molecule has 0 saturated carbocycles. The Bertz CT molecular complexity index is 580. The van der Waals surface area contributed by atoms with Gasteiger partial charge in [-0.25, -0.2) is 4.98 Å². The summed E-state index contributed by atoms with van der Waals surface area (Å²) in [6, 6.07) is 3.64. The van der Waals surface area contributed by atoms with Crippen LogP contribution in [0.1, 0.15) is 13.3 Å². The van der Waals surface area contributed by atoms with Crippen molar-refractivity contribution in [2.45, 2.75) is 13.3 Å². The Labute approximate surface area is 109 Å². The molecule has 2 aromatic rings. The number of nitrogens with zero attached hydrogens (tertiary/aromatic N) is 1. The number of hydrogen-bond acceptors (Lipinski definition) is 5. The number of anilines is 1. The molecular formula is C12H14N2O3S. The van der Waals surface area contributed by atoms with Crippen LogP contribution in [0.3, 0.4) is 0 Å². The molecule has 0 bridgehead atoms. The van der Waals surface area contributed by atoms with Crippen LogP contribution < -0.4 is 14.8 Å². The van der Waals surface area contributed by atoms with Crippen molar-refractivity contribution in [3.63, 3.8) is 0 Å². The van der Waals surface area contributed by atoms with Gasteiger partial charge in [-0.2, -0.15) is 0 Å². The Morgan fingerprint density at radius 3 is 2.78 bits per heavy atom. The molecule has 0 aliphatic rings. The molecule has 96 valence electrons. The number of carbonyl (C=O) groups excluding carboxylic acids is 1. The molecule has 0 aliphatic heterocycles. The molecule has 1 aromatic carbocycles. The first-order valence-corrected chi connectivity index (χ1v) is 6.32. The van der Waals surface area contributed by atoms with Gasteiger partial charge in [0.15, 0.2) is 5.13 Å². The Morgan fingerprint density at radius 1 is 1.39 bits per heavy atom. The summed E-state index contributed by atoms with van der Waals surface area (Å²) in [6.07, 6.45) is 0.427. The lowest BCUT2D eigenvalue weighted by molar-refractivity contribution is -0.115. The van der Waals surface area contributed by atoms with Crippen molar-refractivity contribution in [3.05, 3.63) is 12.1 Å². The Morgan fingerprint density at radius 2 is 2.17 bits per heavy atom. The van der Waals surface area contributed by atoms with Crippen molar-refractivity contribution in [3.8, 4) is 11.5 Å². The van der Waals surface area contributed by atoms with Gasteiger partial charge >= 0.3 is 0 Å². The molecule has 5 nitrogen and oxygen atoms in total. The van der Waals surface area contributed by atoms with Crippen molar-refractivity contribution in [2.24, 2.45) is 0 Å². The molecule has 0 aliphatic carbocycles. The van der Waals surface area contributed by atoms with E-state index >= 15 is 0 Å². The number of nitrogens with one attached hydrogen (secondary N) is 1. The molecule has 1 amide bonds. The second-order valence-electron chi connectivity index (χ2n) is 3.60. The first-order valence-electron chi connectivity index (χ1n) is 5.50. The average Bonchev–Trinajstić information content (AvgIpc) is 2.79. The highest BCUT2D eigenvalue weighted by Gasteiger charge is 2.12. The van der Waals surface area contributed by atoms with Crippen LogP contribution in [0.2, 0.25) is 0 Å². The van der Waals surface area contributed by atoms with Crippen LogP contribution in [-0.2, 0) is 4.79 Å². The number of thiazole rings is 1. The highest BCUT2D eigenvalue weighted by atomic mass is 32.1. The minimum atomic E-state index is -0.0556. The molecule has 1 aromatic heterocycles. The molecule has 1 heterocycles. The molecule has 0 saturated heterocycles. The molecule has 18 heavy (non-hydrogen) atoms. The quantitative estimate of drug-likeness (QED) is 0.924. The highest BCUT2D eigenvalue weighted by Crippen LogP contribution is 2.36. The van der Waals surface area contributed by atoms with Crippen molar-refractivity contribution < 1.29 is 14.3 Å². The second kappa shape index (κ2) is 5.22. The first-order chi connectivity index (χ1) is 8.67. The number of amides is 1. The standard InChI is InChI=1S/C12H14N2O3S/c1-4-10(15)13-12-14-11-8(17-3)5-7(16-2)6-9(11)18-12/h5-6H,4H2,1-3H3,(H,13,14,15). The summed E-state index contributed by atoms with van der Waals surface area (Å²) in [5, 5.41) is 3.31. The third-order valence-electron chi connectivity index (χ3n) is 2.46. The smallest absolute Gasteiger partial charge is 0.225 e. The summed E-state index contributed by atoms with van der Waals surface area (Å²) in [4.78, 5) is 15.7. The third kappa shape index (κ3) is 2.38. The number of carbonyl (C=O) groups is 1. The van der Waals surface area contributed by atoms with Gasteiger partial charge in [-0.1, -0.05) is 18.3 Å². The van der Waals surface area contributed by atoms with Gasteiger partial charge in [0.2, 0.25) is 5.91 Å². The van der Waals surface area contributed by atoms with E-state index in [1.165, 1.54) is 11.3 Å². The molecule has 0 fully saturated rings. The summed E-state index contributed by atoms with van der Waals surface area (Å²) in [5.41, 5.74) is 0.731. The lowest BCUT2D eigenvalue weighted by Gasteiger charge is -2.03. The van der Waals surface area contributed by atoms with E-state index in [-0.39, 0.29) is 5.91 Å². The van der Waals surface area contributed by atoms with E-state index in [9.17, 15) is 4.79 Å². The molecule has 1 N–H and O–H groups in total. The maximum absolute atomic E-state index is 11.3. The van der Waals surface area contributed by atoms with Gasteiger partial charge in [-0.15, -0.1) is 0 Å². The van der Waals surface area contributed by atoms with Crippen LogP contribution in [-0.4, -0.2) is 25.1 Å². The van der Waals surface area contributed by atoms with E-state index in [1.54, 1.807) is 27.2 Å². The zero-order valence-corrected chi connectivity index (χ0v) is 11.3. The van der Waals surface area contributed by atoms with Gasteiger partial charge in [0.05, 0.1) is 18.9 Å². The number of ether oxygens (including phenoxy) is 2. The van der Waals surface area contributed by atoms with Crippen LogP contribution in [0.5, 0.6) is 11.5 Å². The lowest BCUT2D eigenvalue weighted by Crippen LogP contribution is -2.08. The number of hydrogen-bond donors (Lipinski definition) is 1. The number of aromatic nitrogens is 1. The molecule has 0 spiro atoms. The van der Waals surface area contributed by atoms with Crippen LogP contribution in [0.15, 0.2) is 12.1 Å². The van der Waals surface area contributed by atoms with Crippen LogP contribution >= 0.6 is 11.3 Å². The fourth-order valence-electron chi connectivity index (χ4n) is 1.51. The third-order valence-corrected chi connectivity index (χ3v) is 3.37. The van der Waals surface area contributed by atoms with E-state index in [0.29, 0.717) is 23.1 Å². The summed E-state index contributed by atoms with van der Waals surface area (Å²) in [5.74, 6) is 1.29. The van der Waals surface area contributed by atoms with E-state index in [2.05, 4.69) is 10.3 Å². The summed E-state index contributed by atoms with van der Waals surface area (Å²) in [6.45, 7) is 1.80. The van der Waals surface area contributed by atoms with E-state index in [0.717, 1.165) is 10.2 Å². The van der Waals surface area contributed by atoms with Crippen LogP contribution in [0, 0.1) is 0 Å². The predicted octanol–water partition coefficient (Wildman–Crippen LogP) is 2.66. The van der Waals surface area contributed by atoms with Gasteiger partial charge in [0.25, 0.3) is 0 Å². The van der Waals surface area contributed by atoms with Gasteiger partial charge in [0, 0.05) is 12.5 Å². The van der Waals surface area contributed by atoms with E-state index in [1.807, 2.05) is 6.07 Å². The van der Waals surface area contributed by atoms with Gasteiger partial charge in [0.1, 0.15) is 17.0 Å². The zero-order valence-electron chi connectivity index (χ0n) is 10.4. The maximum atomic E-state index is 11.3. The maximum Gasteiger partial charge on any atom is 0.225 e. The van der Waals surface area contributed by atoms with Gasteiger partial charge in [-0.3, -0.25) is 4.79 Å². The number of benzene rings is 1. The molecule has 0 atom stereocenters. The van der Waals surface area contributed by atoms with Crippen molar-refractivity contribution >= 4 is 32.6 Å². The van der Waals surface area contributed by atoms with Crippen molar-refractivity contribution in [1.82, 2.24) is 4.98 Å². The monoisotopic (exact) mass is 266 g/mol. The highest BCUT2D eigenvalue weighted by molar-refractivity contribution is 7.22. The topological polar surface area (TPSA) is 60.5 Å². The molecular weight excluding hydrogens is 252 g/mol. The van der Waals surface area contributed by atoms with Gasteiger partial charge in [-0.05, 0) is 6.07 Å². The summed E-state index contributed by atoms with van der Waals surface area (Å²) in [7, 11) is 3.18. The Kier molecular flexibility index (Phi) is 3.66. The average molecular weight is 266 g/mol. The Hall–Kier alpha value is -1.82. The molecule has 2 rings (SSSR count). The number of fused-ring (bicyclic) bond motifs is 1. The van der Waals surface area contributed by atoms with Crippen molar-refractivity contribution in [2.75, 3.05) is 19.5 Å². The molecule has 0 radical (unpaired) electrons. The fraction of sp³-hybridized carbons (Fsp3) is 0.333. The minimum Gasteiger partial charge on any atom is -0.497 e. The SMILES string of the molecule is CCC(=O)Nc1nc2c(OC)cc(OC)cc2s1. The summed E-state index contributed by atoms with van der Waals surface area (Å²) >= 11 is 1.40. The summed E-state index contributed by atoms with van der Waals surface area (Å²) < 4.78 is 11.4. The predicted molar refractivity (Wildman–Crippen MR) is 71.6 cm³/mol. The zero-order chi connectivity index (χ0) is 13.1. The van der Waals surface area contributed by atoms with E-state index < -0.39 is 0 Å². The second-order valence-corrected chi connectivity index (χ2v) is 4.63. The molecule has 0 unspecified atom stereocenters. The van der Waals surface area contributed by atoms with Gasteiger partial charge < -0.3 is 14.8 Å².